The van der Waals surface area contributed by atoms with Crippen LogP contribution in [0, 0.1) is 10.1 Å². The molecule has 0 spiro atoms. The molecular formula is C12H18N2O5. The van der Waals surface area contributed by atoms with E-state index in [4.69, 9.17) is 14.9 Å². The van der Waals surface area contributed by atoms with Crippen LogP contribution in [0.3, 0.4) is 0 Å². The average Bonchev–Trinajstić information content (AvgIpc) is 2.34. The fraction of sp³-hybridized carbons (Fsp3) is 0.500. The van der Waals surface area contributed by atoms with Gasteiger partial charge in [-0.15, -0.1) is 0 Å². The van der Waals surface area contributed by atoms with Crippen molar-refractivity contribution >= 4 is 11.4 Å². The van der Waals surface area contributed by atoms with Gasteiger partial charge in [0.25, 0.3) is 5.69 Å². The van der Waals surface area contributed by atoms with E-state index in [-0.39, 0.29) is 25.0 Å². The first-order valence-electron chi connectivity index (χ1n) is 5.90. The minimum Gasteiger partial charge on any atom is -0.491 e. The minimum atomic E-state index is -0.575. The van der Waals surface area contributed by atoms with Crippen LogP contribution in [0.2, 0.25) is 0 Å². The Kier molecular flexibility index (Phi) is 5.53. The van der Waals surface area contributed by atoms with Crippen LogP contribution in [0.15, 0.2) is 18.2 Å². The zero-order valence-electron chi connectivity index (χ0n) is 10.9. The fourth-order valence-electron chi connectivity index (χ4n) is 1.50. The number of aliphatic hydroxyl groups excluding tert-OH is 2. The molecule has 1 aromatic rings. The van der Waals surface area contributed by atoms with Gasteiger partial charge in [-0.2, -0.15) is 0 Å². The average molecular weight is 270 g/mol. The molecule has 0 saturated carbocycles. The first-order chi connectivity index (χ1) is 8.96. The van der Waals surface area contributed by atoms with E-state index in [0.717, 1.165) is 0 Å². The number of ether oxygens (including phenoxy) is 1. The standard InChI is InChI=1S/C12H18N2O5/c1-8(2)19-12-4-9(13-10(6-15)7-16)3-11(5-12)14(17)18/h3-5,8,10,13,15-16H,6-7H2,1-2H3. The Morgan fingerprint density at radius 1 is 1.32 bits per heavy atom. The van der Waals surface area contributed by atoms with Gasteiger partial charge >= 0.3 is 0 Å². The van der Waals surface area contributed by atoms with Crippen LogP contribution in [0.1, 0.15) is 13.8 Å². The van der Waals surface area contributed by atoms with Crippen molar-refractivity contribution in [3.8, 4) is 5.75 Å². The summed E-state index contributed by atoms with van der Waals surface area (Å²) < 4.78 is 5.43. The van der Waals surface area contributed by atoms with Crippen molar-refractivity contribution in [2.24, 2.45) is 0 Å². The first kappa shape index (κ1) is 15.2. The Balaban J connectivity index is 3.02. The molecule has 7 heteroatoms. The topological polar surface area (TPSA) is 105 Å². The van der Waals surface area contributed by atoms with E-state index < -0.39 is 11.0 Å². The second-order valence-corrected chi connectivity index (χ2v) is 4.35. The number of nitro benzene ring substituents is 1. The lowest BCUT2D eigenvalue weighted by atomic mass is 10.2. The summed E-state index contributed by atoms with van der Waals surface area (Å²) in [6.45, 7) is 3.07. The highest BCUT2D eigenvalue weighted by Crippen LogP contribution is 2.27. The number of benzene rings is 1. The van der Waals surface area contributed by atoms with Gasteiger partial charge < -0.3 is 20.3 Å². The maximum absolute atomic E-state index is 10.8. The Morgan fingerprint density at radius 3 is 2.42 bits per heavy atom. The highest BCUT2D eigenvalue weighted by atomic mass is 16.6. The van der Waals surface area contributed by atoms with Crippen LogP contribution >= 0.6 is 0 Å². The molecule has 7 nitrogen and oxygen atoms in total. The van der Waals surface area contributed by atoms with Gasteiger partial charge in [-0.1, -0.05) is 0 Å². The van der Waals surface area contributed by atoms with Crippen LogP contribution in [0.5, 0.6) is 5.75 Å². The smallest absolute Gasteiger partial charge is 0.275 e. The molecule has 0 bridgehead atoms. The Labute approximate surface area is 111 Å². The van der Waals surface area contributed by atoms with Crippen molar-refractivity contribution in [1.82, 2.24) is 0 Å². The summed E-state index contributed by atoms with van der Waals surface area (Å²) in [6.07, 6.45) is -0.110. The van der Waals surface area contributed by atoms with Crippen molar-refractivity contribution in [3.05, 3.63) is 28.3 Å². The molecule has 0 aliphatic rings. The summed E-state index contributed by atoms with van der Waals surface area (Å²) in [5.74, 6) is 0.362. The number of nitrogens with zero attached hydrogens (tertiary/aromatic N) is 1. The van der Waals surface area contributed by atoms with Crippen LogP contribution < -0.4 is 10.1 Å². The van der Waals surface area contributed by atoms with Crippen molar-refractivity contribution < 1.29 is 19.9 Å². The summed E-state index contributed by atoms with van der Waals surface area (Å²) >= 11 is 0. The fourth-order valence-corrected chi connectivity index (χ4v) is 1.50. The third kappa shape index (κ3) is 4.72. The molecule has 0 fully saturated rings. The number of anilines is 1. The van der Waals surface area contributed by atoms with Gasteiger partial charge in [-0.3, -0.25) is 10.1 Å². The lowest BCUT2D eigenvalue weighted by molar-refractivity contribution is -0.384. The SMILES string of the molecule is CC(C)Oc1cc(NC(CO)CO)cc([N+](=O)[O-])c1. The molecule has 0 saturated heterocycles. The van der Waals surface area contributed by atoms with E-state index in [0.29, 0.717) is 11.4 Å². The molecule has 0 heterocycles. The van der Waals surface area contributed by atoms with Gasteiger partial charge in [0.05, 0.1) is 36.3 Å². The van der Waals surface area contributed by atoms with E-state index in [1.165, 1.54) is 12.1 Å². The largest absolute Gasteiger partial charge is 0.491 e. The summed E-state index contributed by atoms with van der Waals surface area (Å²) in [6, 6.07) is 3.67. The molecule has 3 N–H and O–H groups in total. The molecule has 19 heavy (non-hydrogen) atoms. The Bertz CT molecular complexity index is 432. The molecule has 1 aromatic carbocycles. The first-order valence-corrected chi connectivity index (χ1v) is 5.90. The molecule has 0 aliphatic heterocycles. The molecule has 1 rings (SSSR count). The maximum Gasteiger partial charge on any atom is 0.275 e. The van der Waals surface area contributed by atoms with E-state index in [1.807, 2.05) is 13.8 Å². The van der Waals surface area contributed by atoms with Crippen molar-refractivity contribution in [1.29, 1.82) is 0 Å². The second-order valence-electron chi connectivity index (χ2n) is 4.35. The van der Waals surface area contributed by atoms with Crippen LogP contribution in [0.4, 0.5) is 11.4 Å². The lowest BCUT2D eigenvalue weighted by Gasteiger charge is -2.16. The molecule has 0 unspecified atom stereocenters. The minimum absolute atomic E-state index is 0.110. The van der Waals surface area contributed by atoms with Crippen molar-refractivity contribution in [3.63, 3.8) is 0 Å². The maximum atomic E-state index is 10.8. The van der Waals surface area contributed by atoms with Gasteiger partial charge in [-0.25, -0.2) is 0 Å². The predicted octanol–water partition coefficient (Wildman–Crippen LogP) is 1.15. The summed E-state index contributed by atoms with van der Waals surface area (Å²) in [4.78, 5) is 10.3. The van der Waals surface area contributed by atoms with Crippen LogP contribution in [-0.4, -0.2) is 40.5 Å². The zero-order chi connectivity index (χ0) is 14.4. The zero-order valence-corrected chi connectivity index (χ0v) is 10.9. The number of non-ortho nitro benzene ring substituents is 1. The van der Waals surface area contributed by atoms with E-state index >= 15 is 0 Å². The monoisotopic (exact) mass is 270 g/mol. The van der Waals surface area contributed by atoms with Crippen molar-refractivity contribution in [2.45, 2.75) is 26.0 Å². The molecule has 0 aromatic heterocycles. The number of aliphatic hydroxyl groups is 2. The second kappa shape index (κ2) is 6.91. The molecule has 0 aliphatic carbocycles. The highest BCUT2D eigenvalue weighted by molar-refractivity contribution is 5.56. The molecule has 0 atom stereocenters. The predicted molar refractivity (Wildman–Crippen MR) is 70.4 cm³/mol. The number of nitro groups is 1. The third-order valence-electron chi connectivity index (χ3n) is 2.29. The Morgan fingerprint density at radius 2 is 1.95 bits per heavy atom. The van der Waals surface area contributed by atoms with Crippen LogP contribution in [-0.2, 0) is 0 Å². The van der Waals surface area contributed by atoms with E-state index in [1.54, 1.807) is 6.07 Å². The number of hydrogen-bond donors (Lipinski definition) is 3. The quantitative estimate of drug-likeness (QED) is 0.507. The van der Waals surface area contributed by atoms with Gasteiger partial charge in [0.15, 0.2) is 0 Å². The number of hydrogen-bond acceptors (Lipinski definition) is 6. The summed E-state index contributed by atoms with van der Waals surface area (Å²) in [7, 11) is 0. The summed E-state index contributed by atoms with van der Waals surface area (Å²) in [5.41, 5.74) is 0.299. The van der Waals surface area contributed by atoms with Gasteiger partial charge in [0.1, 0.15) is 5.75 Å². The molecule has 0 amide bonds. The van der Waals surface area contributed by atoms with Gasteiger partial charge in [-0.05, 0) is 13.8 Å². The number of nitrogens with one attached hydrogen (secondary N) is 1. The van der Waals surface area contributed by atoms with Gasteiger partial charge in [0, 0.05) is 17.8 Å². The highest BCUT2D eigenvalue weighted by Gasteiger charge is 2.13. The van der Waals surface area contributed by atoms with E-state index in [2.05, 4.69) is 5.32 Å². The summed E-state index contributed by atoms with van der Waals surface area (Å²) in [5, 5.41) is 31.6. The van der Waals surface area contributed by atoms with Crippen molar-refractivity contribution in [2.75, 3.05) is 18.5 Å². The van der Waals surface area contributed by atoms with Crippen LogP contribution in [0.25, 0.3) is 0 Å². The molecular weight excluding hydrogens is 252 g/mol. The Hall–Kier alpha value is -1.86. The third-order valence-corrected chi connectivity index (χ3v) is 2.29. The molecule has 106 valence electrons. The normalized spacial score (nSPS) is 10.8. The van der Waals surface area contributed by atoms with E-state index in [9.17, 15) is 10.1 Å². The lowest BCUT2D eigenvalue weighted by Crippen LogP contribution is -2.27. The van der Waals surface area contributed by atoms with Gasteiger partial charge in [0.2, 0.25) is 0 Å². The number of rotatable bonds is 7. The molecule has 0 radical (unpaired) electrons.